The number of halogens is 3. The molecule has 0 aliphatic rings. The lowest BCUT2D eigenvalue weighted by atomic mass is 10.1. The number of ether oxygens (including phenoxy) is 3. The quantitative estimate of drug-likeness (QED) is 0.436. The molecule has 7 nitrogen and oxygen atoms in total. The number of esters is 1. The Balaban J connectivity index is 1.89. The lowest BCUT2D eigenvalue weighted by Crippen LogP contribution is -2.31. The van der Waals surface area contributed by atoms with E-state index in [-0.39, 0.29) is 11.1 Å². The SMILES string of the molecule is CCOc1ccc(C(=O)NCC(=O)OCC(=O)c2cccc(C(F)(F)F)c2)cc1OCC. The molecule has 0 fully saturated rings. The molecule has 172 valence electrons. The average Bonchev–Trinajstić information content (AvgIpc) is 2.76. The van der Waals surface area contributed by atoms with Crippen LogP contribution in [0, 0.1) is 0 Å². The van der Waals surface area contributed by atoms with Gasteiger partial charge in [0, 0.05) is 11.1 Å². The van der Waals surface area contributed by atoms with Crippen LogP contribution in [0.5, 0.6) is 11.5 Å². The van der Waals surface area contributed by atoms with Crippen LogP contribution in [-0.4, -0.2) is 44.0 Å². The van der Waals surface area contributed by atoms with Gasteiger partial charge in [-0.2, -0.15) is 13.2 Å². The highest BCUT2D eigenvalue weighted by Gasteiger charge is 2.31. The number of hydrogen-bond donors (Lipinski definition) is 1. The zero-order chi connectivity index (χ0) is 23.7. The Labute approximate surface area is 182 Å². The Morgan fingerprint density at radius 1 is 0.906 bits per heavy atom. The number of Topliss-reactive ketones (excluding diaryl/α,β-unsaturated/α-hetero) is 1. The highest BCUT2D eigenvalue weighted by molar-refractivity contribution is 5.99. The first-order valence-corrected chi connectivity index (χ1v) is 9.69. The van der Waals surface area contributed by atoms with E-state index in [0.29, 0.717) is 30.8 Å². The van der Waals surface area contributed by atoms with Crippen molar-refractivity contribution in [3.05, 3.63) is 59.2 Å². The summed E-state index contributed by atoms with van der Waals surface area (Å²) in [7, 11) is 0. The van der Waals surface area contributed by atoms with Crippen molar-refractivity contribution in [2.45, 2.75) is 20.0 Å². The van der Waals surface area contributed by atoms with Crippen molar-refractivity contribution in [1.82, 2.24) is 5.32 Å². The molecule has 0 bridgehead atoms. The maximum absolute atomic E-state index is 12.7. The largest absolute Gasteiger partial charge is 0.490 e. The molecule has 0 saturated carbocycles. The molecule has 0 heterocycles. The lowest BCUT2D eigenvalue weighted by molar-refractivity contribution is -0.141. The van der Waals surface area contributed by atoms with Crippen LogP contribution >= 0.6 is 0 Å². The van der Waals surface area contributed by atoms with Gasteiger partial charge >= 0.3 is 12.1 Å². The topological polar surface area (TPSA) is 90.9 Å². The van der Waals surface area contributed by atoms with Gasteiger partial charge in [0.1, 0.15) is 6.54 Å². The van der Waals surface area contributed by atoms with E-state index < -0.39 is 42.6 Å². The summed E-state index contributed by atoms with van der Waals surface area (Å²) < 4.78 is 53.8. The molecule has 32 heavy (non-hydrogen) atoms. The van der Waals surface area contributed by atoms with Crippen LogP contribution in [0.15, 0.2) is 42.5 Å². The van der Waals surface area contributed by atoms with E-state index in [1.54, 1.807) is 19.9 Å². The van der Waals surface area contributed by atoms with Crippen molar-refractivity contribution in [2.75, 3.05) is 26.4 Å². The first kappa shape index (κ1) is 24.7. The second-order valence-corrected chi connectivity index (χ2v) is 6.37. The number of nitrogens with one attached hydrogen (secondary N) is 1. The van der Waals surface area contributed by atoms with Crippen LogP contribution in [0.25, 0.3) is 0 Å². The fraction of sp³-hybridized carbons (Fsp3) is 0.318. The van der Waals surface area contributed by atoms with Crippen LogP contribution in [0.1, 0.15) is 40.1 Å². The predicted octanol–water partition coefficient (Wildman–Crippen LogP) is 3.66. The standard InChI is InChI=1S/C22H22F3NO6/c1-3-30-18-9-8-15(11-19(18)31-4-2)21(29)26-12-20(28)32-13-17(27)14-6-5-7-16(10-14)22(23,24)25/h5-11H,3-4,12-13H2,1-2H3,(H,26,29). The number of carbonyl (C=O) groups excluding carboxylic acids is 3. The molecule has 0 aromatic heterocycles. The molecule has 0 atom stereocenters. The van der Waals surface area contributed by atoms with E-state index in [9.17, 15) is 27.6 Å². The summed E-state index contributed by atoms with van der Waals surface area (Å²) in [6.45, 7) is 3.06. The minimum absolute atomic E-state index is 0.213. The Morgan fingerprint density at radius 3 is 2.25 bits per heavy atom. The molecule has 0 spiro atoms. The average molecular weight is 453 g/mol. The Hall–Kier alpha value is -3.56. The van der Waals surface area contributed by atoms with E-state index in [1.807, 2.05) is 0 Å². The Kier molecular flexibility index (Phi) is 8.62. The highest BCUT2D eigenvalue weighted by atomic mass is 19.4. The smallest absolute Gasteiger partial charge is 0.416 e. The van der Waals surface area contributed by atoms with Gasteiger partial charge < -0.3 is 19.5 Å². The van der Waals surface area contributed by atoms with E-state index in [4.69, 9.17) is 14.2 Å². The summed E-state index contributed by atoms with van der Waals surface area (Å²) in [5.74, 6) is -1.47. The number of hydrogen-bond acceptors (Lipinski definition) is 6. The van der Waals surface area contributed by atoms with Crippen molar-refractivity contribution in [3.63, 3.8) is 0 Å². The highest BCUT2D eigenvalue weighted by Crippen LogP contribution is 2.30. The van der Waals surface area contributed by atoms with Gasteiger partial charge in [0.2, 0.25) is 0 Å². The third-order valence-electron chi connectivity index (χ3n) is 4.07. The summed E-state index contributed by atoms with van der Waals surface area (Å²) >= 11 is 0. The number of carbonyl (C=O) groups is 3. The van der Waals surface area contributed by atoms with Crippen molar-refractivity contribution in [1.29, 1.82) is 0 Å². The van der Waals surface area contributed by atoms with Gasteiger partial charge in [0.25, 0.3) is 5.91 Å². The first-order valence-electron chi connectivity index (χ1n) is 9.69. The van der Waals surface area contributed by atoms with Crippen LogP contribution in [-0.2, 0) is 15.7 Å². The van der Waals surface area contributed by atoms with Gasteiger partial charge in [-0.05, 0) is 44.2 Å². The minimum Gasteiger partial charge on any atom is -0.490 e. The minimum atomic E-state index is -4.60. The monoisotopic (exact) mass is 453 g/mol. The molecule has 0 saturated heterocycles. The maximum Gasteiger partial charge on any atom is 0.416 e. The fourth-order valence-corrected chi connectivity index (χ4v) is 2.60. The zero-order valence-electron chi connectivity index (χ0n) is 17.5. The zero-order valence-corrected chi connectivity index (χ0v) is 17.5. The molecule has 0 radical (unpaired) electrons. The molecule has 2 aromatic carbocycles. The van der Waals surface area contributed by atoms with Gasteiger partial charge in [-0.3, -0.25) is 14.4 Å². The van der Waals surface area contributed by atoms with Crippen LogP contribution in [0.3, 0.4) is 0 Å². The molecule has 1 N–H and O–H groups in total. The Bertz CT molecular complexity index is 974. The van der Waals surface area contributed by atoms with Gasteiger partial charge in [0.05, 0.1) is 18.8 Å². The van der Waals surface area contributed by atoms with Gasteiger partial charge in [-0.1, -0.05) is 12.1 Å². The van der Waals surface area contributed by atoms with Crippen LogP contribution in [0.2, 0.25) is 0 Å². The summed E-state index contributed by atoms with van der Waals surface area (Å²) in [4.78, 5) is 36.1. The molecule has 0 aliphatic heterocycles. The second-order valence-electron chi connectivity index (χ2n) is 6.37. The molecule has 1 amide bonds. The van der Waals surface area contributed by atoms with Crippen molar-refractivity contribution < 1.29 is 41.8 Å². The molecule has 2 aromatic rings. The number of rotatable bonds is 10. The van der Waals surface area contributed by atoms with E-state index in [0.717, 1.165) is 12.1 Å². The maximum atomic E-state index is 12.7. The molecular formula is C22H22F3NO6. The normalized spacial score (nSPS) is 10.9. The molecular weight excluding hydrogens is 431 g/mol. The molecule has 10 heteroatoms. The Morgan fingerprint density at radius 2 is 1.59 bits per heavy atom. The number of benzene rings is 2. The third-order valence-corrected chi connectivity index (χ3v) is 4.07. The van der Waals surface area contributed by atoms with Crippen molar-refractivity contribution in [3.8, 4) is 11.5 Å². The van der Waals surface area contributed by atoms with Crippen molar-refractivity contribution in [2.24, 2.45) is 0 Å². The summed E-state index contributed by atoms with van der Waals surface area (Å²) in [6.07, 6.45) is -4.60. The van der Waals surface area contributed by atoms with E-state index in [1.165, 1.54) is 18.2 Å². The van der Waals surface area contributed by atoms with Crippen LogP contribution in [0.4, 0.5) is 13.2 Å². The number of alkyl halides is 3. The molecule has 0 aliphatic carbocycles. The lowest BCUT2D eigenvalue weighted by Gasteiger charge is -2.12. The van der Waals surface area contributed by atoms with E-state index in [2.05, 4.69) is 5.32 Å². The summed E-state index contributed by atoms with van der Waals surface area (Å²) in [6, 6.07) is 8.31. The predicted molar refractivity (Wildman–Crippen MR) is 108 cm³/mol. The fourth-order valence-electron chi connectivity index (χ4n) is 2.60. The summed E-state index contributed by atoms with van der Waals surface area (Å²) in [5.41, 5.74) is -1.01. The summed E-state index contributed by atoms with van der Waals surface area (Å²) in [5, 5.41) is 2.34. The van der Waals surface area contributed by atoms with Crippen molar-refractivity contribution >= 4 is 17.7 Å². The van der Waals surface area contributed by atoms with Gasteiger partial charge in [-0.25, -0.2) is 0 Å². The van der Waals surface area contributed by atoms with Gasteiger partial charge in [-0.15, -0.1) is 0 Å². The van der Waals surface area contributed by atoms with Gasteiger partial charge in [0.15, 0.2) is 23.9 Å². The molecule has 0 unspecified atom stereocenters. The second kappa shape index (κ2) is 11.2. The number of amides is 1. The first-order chi connectivity index (χ1) is 15.2. The van der Waals surface area contributed by atoms with Crippen LogP contribution < -0.4 is 14.8 Å². The molecule has 2 rings (SSSR count). The number of ketones is 1. The van der Waals surface area contributed by atoms with E-state index >= 15 is 0 Å². The third kappa shape index (κ3) is 7.00.